The van der Waals surface area contributed by atoms with E-state index >= 15 is 0 Å². The van der Waals surface area contributed by atoms with Crippen molar-refractivity contribution < 1.29 is 9.47 Å². The van der Waals surface area contributed by atoms with Crippen molar-refractivity contribution >= 4 is 17.0 Å². The molecule has 0 aliphatic carbocycles. The van der Waals surface area contributed by atoms with Crippen molar-refractivity contribution in [1.82, 2.24) is 24.5 Å². The lowest BCUT2D eigenvalue weighted by molar-refractivity contribution is -0.0369. The van der Waals surface area contributed by atoms with E-state index in [0.29, 0.717) is 29.4 Å². The lowest BCUT2D eigenvalue weighted by Crippen LogP contribution is -2.19. The van der Waals surface area contributed by atoms with Gasteiger partial charge >= 0.3 is 0 Å². The number of ether oxygens (including phenoxy) is 2. The predicted octanol–water partition coefficient (Wildman–Crippen LogP) is 2.78. The van der Waals surface area contributed by atoms with E-state index in [0.717, 1.165) is 35.9 Å². The summed E-state index contributed by atoms with van der Waals surface area (Å²) in [6, 6.07) is 1.87. The Labute approximate surface area is 156 Å². The van der Waals surface area contributed by atoms with Crippen molar-refractivity contribution in [2.75, 3.05) is 13.7 Å². The average molecular weight is 369 g/mol. The zero-order valence-electron chi connectivity index (χ0n) is 15.8. The van der Waals surface area contributed by atoms with Gasteiger partial charge in [-0.3, -0.25) is 14.6 Å². The molecule has 1 aliphatic heterocycles. The van der Waals surface area contributed by atoms with Gasteiger partial charge in [-0.15, -0.1) is 0 Å². The van der Waals surface area contributed by atoms with Crippen LogP contribution in [0.2, 0.25) is 0 Å². The van der Waals surface area contributed by atoms with Gasteiger partial charge in [0, 0.05) is 24.7 Å². The molecule has 0 amide bonds. The molecule has 0 radical (unpaired) electrons. The van der Waals surface area contributed by atoms with Crippen molar-refractivity contribution in [3.05, 3.63) is 34.4 Å². The van der Waals surface area contributed by atoms with Crippen molar-refractivity contribution in [2.24, 2.45) is 7.05 Å². The second-order valence-corrected chi connectivity index (χ2v) is 6.74. The largest absolute Gasteiger partial charge is 0.479 e. The van der Waals surface area contributed by atoms with Gasteiger partial charge < -0.3 is 9.47 Å². The molecule has 0 saturated carbocycles. The van der Waals surface area contributed by atoms with Crippen molar-refractivity contribution in [3.8, 4) is 17.1 Å². The molecule has 1 atom stereocenters. The van der Waals surface area contributed by atoms with Gasteiger partial charge in [-0.05, 0) is 38.3 Å². The number of hydrogen-bond donors (Lipinski definition) is 1. The van der Waals surface area contributed by atoms with E-state index in [1.807, 2.05) is 17.7 Å². The second-order valence-electron chi connectivity index (χ2n) is 6.74. The third-order valence-corrected chi connectivity index (χ3v) is 4.98. The highest BCUT2D eigenvalue weighted by Crippen LogP contribution is 2.35. The second kappa shape index (κ2) is 6.70. The molecule has 1 unspecified atom stereocenters. The maximum atomic E-state index is 12.5. The van der Waals surface area contributed by atoms with E-state index in [4.69, 9.17) is 9.47 Å². The molecule has 1 aliphatic rings. The summed E-state index contributed by atoms with van der Waals surface area (Å²) >= 11 is 0. The first-order chi connectivity index (χ1) is 13.0. The highest BCUT2D eigenvalue weighted by Gasteiger charge is 2.25. The van der Waals surface area contributed by atoms with Crippen LogP contribution < -0.4 is 10.3 Å². The van der Waals surface area contributed by atoms with Gasteiger partial charge in [0.2, 0.25) is 5.88 Å². The number of hydrogen-bond acceptors (Lipinski definition) is 5. The molecule has 0 bridgehead atoms. The van der Waals surface area contributed by atoms with Gasteiger partial charge in [0.25, 0.3) is 5.56 Å². The molecule has 8 heteroatoms. The van der Waals surface area contributed by atoms with Crippen LogP contribution in [0.3, 0.4) is 0 Å². The molecule has 1 fully saturated rings. The van der Waals surface area contributed by atoms with Crippen LogP contribution in [0.1, 0.15) is 36.9 Å². The fraction of sp³-hybridized carbons (Fsp3) is 0.421. The smallest absolute Gasteiger partial charge is 0.275 e. The lowest BCUT2D eigenvalue weighted by Gasteiger charge is -2.23. The summed E-state index contributed by atoms with van der Waals surface area (Å²) in [6.07, 6.45) is 4.57. The average Bonchev–Trinajstić information content (AvgIpc) is 3.18. The molecule has 1 N–H and O–H groups in total. The Bertz CT molecular complexity index is 1070. The van der Waals surface area contributed by atoms with E-state index in [-0.39, 0.29) is 11.8 Å². The van der Waals surface area contributed by atoms with Gasteiger partial charge in [-0.1, -0.05) is 6.58 Å². The molecule has 4 rings (SSSR count). The van der Waals surface area contributed by atoms with Crippen LogP contribution in [-0.4, -0.2) is 38.3 Å². The number of aryl methyl sites for hydroxylation is 2. The van der Waals surface area contributed by atoms with Gasteiger partial charge in [-0.2, -0.15) is 5.10 Å². The number of H-pyrrole nitrogens is 1. The van der Waals surface area contributed by atoms with Crippen LogP contribution >= 0.6 is 0 Å². The molecule has 3 aromatic rings. The summed E-state index contributed by atoms with van der Waals surface area (Å²) in [5.41, 5.74) is 3.16. The van der Waals surface area contributed by atoms with Crippen LogP contribution in [0.4, 0.5) is 0 Å². The van der Waals surface area contributed by atoms with Crippen LogP contribution in [0.25, 0.3) is 28.2 Å². The topological polar surface area (TPSA) is 87.0 Å². The van der Waals surface area contributed by atoms with Crippen LogP contribution in [0, 0.1) is 6.92 Å². The molecule has 142 valence electrons. The van der Waals surface area contributed by atoms with E-state index in [1.165, 1.54) is 4.68 Å². The fourth-order valence-electron chi connectivity index (χ4n) is 3.69. The number of rotatable bonds is 4. The number of methoxy groups -OCH3 is 1. The molecule has 1 saturated heterocycles. The number of aromatic nitrogens is 5. The summed E-state index contributed by atoms with van der Waals surface area (Å²) in [5.74, 6) is 0.417. The highest BCUT2D eigenvalue weighted by atomic mass is 16.5. The highest BCUT2D eigenvalue weighted by molar-refractivity contribution is 5.93. The monoisotopic (exact) mass is 369 g/mol. The minimum absolute atomic E-state index is 0.135. The minimum atomic E-state index is -0.154. The van der Waals surface area contributed by atoms with E-state index in [9.17, 15) is 4.79 Å². The first kappa shape index (κ1) is 17.5. The molecule has 4 heterocycles. The Kier molecular flexibility index (Phi) is 4.35. The Morgan fingerprint density at radius 2 is 2.26 bits per heavy atom. The number of aromatic amines is 1. The molecule has 8 nitrogen and oxygen atoms in total. The maximum Gasteiger partial charge on any atom is 0.275 e. The van der Waals surface area contributed by atoms with E-state index in [1.54, 1.807) is 20.2 Å². The predicted molar refractivity (Wildman–Crippen MR) is 103 cm³/mol. The third-order valence-electron chi connectivity index (χ3n) is 4.98. The van der Waals surface area contributed by atoms with Crippen LogP contribution in [0.15, 0.2) is 17.4 Å². The van der Waals surface area contributed by atoms with Crippen molar-refractivity contribution in [2.45, 2.75) is 32.4 Å². The quantitative estimate of drug-likeness (QED) is 0.764. The summed E-state index contributed by atoms with van der Waals surface area (Å²) in [7, 11) is 3.25. The van der Waals surface area contributed by atoms with Crippen LogP contribution in [-0.2, 0) is 11.8 Å². The zero-order chi connectivity index (χ0) is 19.1. The number of fused-ring (bicyclic) bond motifs is 1. The number of pyridine rings is 1. The number of nitrogens with zero attached hydrogens (tertiary/aromatic N) is 4. The molecule has 27 heavy (non-hydrogen) atoms. The fourth-order valence-corrected chi connectivity index (χ4v) is 3.69. The Balaban J connectivity index is 1.98. The molecule has 0 spiro atoms. The summed E-state index contributed by atoms with van der Waals surface area (Å²) < 4.78 is 14.8. The van der Waals surface area contributed by atoms with Gasteiger partial charge in [-0.25, -0.2) is 9.67 Å². The first-order valence-corrected chi connectivity index (χ1v) is 9.02. The van der Waals surface area contributed by atoms with E-state index < -0.39 is 0 Å². The Hall–Kier alpha value is -2.87. The van der Waals surface area contributed by atoms with Gasteiger partial charge in [0.05, 0.1) is 24.1 Å². The van der Waals surface area contributed by atoms with Crippen LogP contribution in [0.5, 0.6) is 5.88 Å². The summed E-state index contributed by atoms with van der Waals surface area (Å²) in [4.78, 5) is 17.1. The van der Waals surface area contributed by atoms with E-state index in [2.05, 4.69) is 21.8 Å². The maximum absolute atomic E-state index is 12.5. The SMILES string of the molecule is C=Cc1nn(C2CCCCO2)c2c(OC)nc(-c3c(C)[nH]n(C)c3=O)cc12. The summed E-state index contributed by atoms with van der Waals surface area (Å²) in [5, 5.41) is 8.53. The summed E-state index contributed by atoms with van der Waals surface area (Å²) in [6.45, 7) is 6.45. The first-order valence-electron chi connectivity index (χ1n) is 9.02. The minimum Gasteiger partial charge on any atom is -0.479 e. The zero-order valence-corrected chi connectivity index (χ0v) is 15.8. The normalized spacial score (nSPS) is 17.4. The van der Waals surface area contributed by atoms with Gasteiger partial charge in [0.15, 0.2) is 6.23 Å². The molecule has 0 aromatic carbocycles. The molecule has 3 aromatic heterocycles. The molecular weight excluding hydrogens is 346 g/mol. The Morgan fingerprint density at radius 1 is 1.44 bits per heavy atom. The third kappa shape index (κ3) is 2.76. The Morgan fingerprint density at radius 3 is 2.85 bits per heavy atom. The lowest BCUT2D eigenvalue weighted by atomic mass is 10.1. The standard InChI is InChI=1S/C19H23N5O3/c1-5-13-12-10-14(16-11(2)21-23(3)19(16)25)20-18(26-4)17(12)24(22-13)15-8-6-7-9-27-15/h5,10,15,21H,1,6-9H2,2-4H3. The van der Waals surface area contributed by atoms with Crippen molar-refractivity contribution in [1.29, 1.82) is 0 Å². The number of nitrogens with one attached hydrogen (secondary N) is 1. The van der Waals surface area contributed by atoms with Crippen molar-refractivity contribution in [3.63, 3.8) is 0 Å². The van der Waals surface area contributed by atoms with Gasteiger partial charge in [0.1, 0.15) is 5.52 Å². The molecular formula is C19H23N5O3.